The van der Waals surface area contributed by atoms with Gasteiger partial charge in [-0.25, -0.2) is 0 Å². The molecule has 0 spiro atoms. The Hall–Kier alpha value is -1.88. The molecule has 0 aliphatic rings. The summed E-state index contributed by atoms with van der Waals surface area (Å²) in [4.78, 5) is 24.1. The number of esters is 2. The van der Waals surface area contributed by atoms with Crippen molar-refractivity contribution in [3.8, 4) is 0 Å². The molecule has 0 heterocycles. The van der Waals surface area contributed by atoms with Gasteiger partial charge in [0.15, 0.2) is 6.10 Å². The summed E-state index contributed by atoms with van der Waals surface area (Å²) >= 11 is 0. The quantitative estimate of drug-likeness (QED) is 0.0494. The predicted molar refractivity (Wildman–Crippen MR) is 178 cm³/mol. The highest BCUT2D eigenvalue weighted by molar-refractivity contribution is 5.70. The first-order valence-corrected chi connectivity index (χ1v) is 17.5. The lowest BCUT2D eigenvalue weighted by molar-refractivity contribution is -0.161. The van der Waals surface area contributed by atoms with Crippen molar-refractivity contribution < 1.29 is 24.2 Å². The summed E-state index contributed by atoms with van der Waals surface area (Å²) in [5.41, 5.74) is 0. The van der Waals surface area contributed by atoms with Crippen LogP contribution in [0.1, 0.15) is 168 Å². The molecule has 0 aromatic heterocycles. The monoisotopic (exact) mass is 590 g/mol. The van der Waals surface area contributed by atoms with E-state index in [1.54, 1.807) is 0 Å². The fourth-order valence-electron chi connectivity index (χ4n) is 4.74. The van der Waals surface area contributed by atoms with Gasteiger partial charge in [-0.05, 0) is 51.4 Å². The second kappa shape index (κ2) is 33.6. The van der Waals surface area contributed by atoms with Crippen LogP contribution in [0, 0.1) is 0 Å². The number of allylic oxidation sites excluding steroid dienone is 6. The average Bonchev–Trinajstić information content (AvgIpc) is 2.99. The highest BCUT2D eigenvalue weighted by Crippen LogP contribution is 2.13. The lowest BCUT2D eigenvalue weighted by Gasteiger charge is -2.15. The number of unbranched alkanes of at least 4 members (excludes halogenated alkanes) is 17. The Morgan fingerprint density at radius 1 is 0.548 bits per heavy atom. The molecule has 5 heteroatoms. The van der Waals surface area contributed by atoms with Crippen molar-refractivity contribution in [3.05, 3.63) is 36.5 Å². The van der Waals surface area contributed by atoms with E-state index in [2.05, 4.69) is 50.3 Å². The summed E-state index contributed by atoms with van der Waals surface area (Å²) < 4.78 is 10.5. The standard InChI is InChI=1S/C37H66O5/c1-3-5-7-9-11-13-15-16-17-18-19-20-22-23-25-27-29-31-36(39)41-34-35(33-38)42-37(40)32-30-28-26-24-21-14-12-10-8-6-4-2/h11,13,16-17,19-20,35,38H,3-10,12,14-15,18,21-34H2,1-2H3/b13-11-,17-16-,20-19-/t35-/m0/s1. The Kier molecular flexibility index (Phi) is 32.1. The van der Waals surface area contributed by atoms with Crippen LogP contribution in [0.25, 0.3) is 0 Å². The van der Waals surface area contributed by atoms with Gasteiger partial charge >= 0.3 is 11.9 Å². The SMILES string of the molecule is CCCCC/C=C\C/C=C\C/C=C\CCCCCCC(=O)OC[C@H](CO)OC(=O)CCCCCCCCCCCCC. The van der Waals surface area contributed by atoms with Crippen molar-refractivity contribution in [2.24, 2.45) is 0 Å². The van der Waals surface area contributed by atoms with E-state index >= 15 is 0 Å². The van der Waals surface area contributed by atoms with Crippen molar-refractivity contribution >= 4 is 11.9 Å². The van der Waals surface area contributed by atoms with Crippen molar-refractivity contribution in [2.75, 3.05) is 13.2 Å². The minimum Gasteiger partial charge on any atom is -0.462 e. The minimum absolute atomic E-state index is 0.0756. The molecule has 0 aliphatic heterocycles. The van der Waals surface area contributed by atoms with E-state index in [0.29, 0.717) is 12.8 Å². The molecule has 0 bridgehead atoms. The fourth-order valence-corrected chi connectivity index (χ4v) is 4.74. The second-order valence-electron chi connectivity index (χ2n) is 11.6. The van der Waals surface area contributed by atoms with Crippen LogP contribution < -0.4 is 0 Å². The Labute approximate surface area is 259 Å². The Morgan fingerprint density at radius 2 is 0.952 bits per heavy atom. The van der Waals surface area contributed by atoms with Gasteiger partial charge in [-0.2, -0.15) is 0 Å². The van der Waals surface area contributed by atoms with Gasteiger partial charge in [0.05, 0.1) is 6.61 Å². The van der Waals surface area contributed by atoms with Crippen molar-refractivity contribution in [1.82, 2.24) is 0 Å². The zero-order valence-corrected chi connectivity index (χ0v) is 27.5. The van der Waals surface area contributed by atoms with E-state index in [1.807, 2.05) is 0 Å². The van der Waals surface area contributed by atoms with Crippen molar-refractivity contribution in [1.29, 1.82) is 0 Å². The van der Waals surface area contributed by atoms with Gasteiger partial charge in [-0.15, -0.1) is 0 Å². The molecule has 0 saturated heterocycles. The lowest BCUT2D eigenvalue weighted by atomic mass is 10.1. The van der Waals surface area contributed by atoms with Gasteiger partial charge in [0.1, 0.15) is 6.61 Å². The molecular formula is C37H66O5. The third kappa shape index (κ3) is 31.1. The third-order valence-electron chi connectivity index (χ3n) is 7.44. The summed E-state index contributed by atoms with van der Waals surface area (Å²) in [5.74, 6) is -0.617. The zero-order valence-electron chi connectivity index (χ0n) is 27.5. The van der Waals surface area contributed by atoms with Crippen LogP contribution in [0.3, 0.4) is 0 Å². The number of hydrogen-bond donors (Lipinski definition) is 1. The fraction of sp³-hybridized carbons (Fsp3) is 0.784. The summed E-state index contributed by atoms with van der Waals surface area (Å²) in [6.07, 6.45) is 39.1. The maximum Gasteiger partial charge on any atom is 0.306 e. The van der Waals surface area contributed by atoms with Gasteiger partial charge in [0.2, 0.25) is 0 Å². The van der Waals surface area contributed by atoms with E-state index in [0.717, 1.165) is 64.2 Å². The first-order valence-electron chi connectivity index (χ1n) is 17.5. The van der Waals surface area contributed by atoms with Gasteiger partial charge in [-0.3, -0.25) is 9.59 Å². The number of hydrogen-bond acceptors (Lipinski definition) is 5. The molecule has 0 saturated carbocycles. The van der Waals surface area contributed by atoms with Crippen LogP contribution in [0.15, 0.2) is 36.5 Å². The van der Waals surface area contributed by atoms with E-state index in [1.165, 1.54) is 77.0 Å². The summed E-state index contributed by atoms with van der Waals surface area (Å²) in [6.45, 7) is 4.07. The molecule has 5 nitrogen and oxygen atoms in total. The normalized spacial score (nSPS) is 12.5. The number of aliphatic hydroxyl groups excluding tert-OH is 1. The van der Waals surface area contributed by atoms with E-state index in [4.69, 9.17) is 9.47 Å². The van der Waals surface area contributed by atoms with Gasteiger partial charge in [0, 0.05) is 12.8 Å². The largest absolute Gasteiger partial charge is 0.462 e. The Balaban J connectivity index is 3.63. The van der Waals surface area contributed by atoms with Crippen LogP contribution in [0.5, 0.6) is 0 Å². The van der Waals surface area contributed by atoms with Crippen LogP contribution in [0.4, 0.5) is 0 Å². The highest BCUT2D eigenvalue weighted by atomic mass is 16.6. The maximum atomic E-state index is 12.1. The second-order valence-corrected chi connectivity index (χ2v) is 11.6. The van der Waals surface area contributed by atoms with Crippen LogP contribution in [-0.4, -0.2) is 36.4 Å². The van der Waals surface area contributed by atoms with Gasteiger partial charge in [-0.1, -0.05) is 140 Å². The molecule has 0 aromatic carbocycles. The molecule has 0 rings (SSSR count). The zero-order chi connectivity index (χ0) is 30.8. The van der Waals surface area contributed by atoms with E-state index in [-0.39, 0.29) is 25.2 Å². The number of rotatable bonds is 31. The lowest BCUT2D eigenvalue weighted by Crippen LogP contribution is -2.28. The number of ether oxygens (including phenoxy) is 2. The molecule has 0 aliphatic carbocycles. The van der Waals surface area contributed by atoms with Crippen LogP contribution in [0.2, 0.25) is 0 Å². The Bertz CT molecular complexity index is 682. The van der Waals surface area contributed by atoms with Crippen LogP contribution >= 0.6 is 0 Å². The molecular weight excluding hydrogens is 524 g/mol. The molecule has 0 fully saturated rings. The van der Waals surface area contributed by atoms with E-state index < -0.39 is 6.10 Å². The first kappa shape index (κ1) is 40.1. The first-order chi connectivity index (χ1) is 20.6. The van der Waals surface area contributed by atoms with E-state index in [9.17, 15) is 14.7 Å². The maximum absolute atomic E-state index is 12.1. The van der Waals surface area contributed by atoms with Crippen molar-refractivity contribution in [2.45, 2.75) is 174 Å². The molecule has 1 N–H and O–H groups in total. The topological polar surface area (TPSA) is 72.8 Å². The Morgan fingerprint density at radius 3 is 1.48 bits per heavy atom. The molecule has 0 radical (unpaired) electrons. The average molecular weight is 591 g/mol. The number of carbonyl (C=O) groups is 2. The molecule has 0 unspecified atom stereocenters. The van der Waals surface area contributed by atoms with Crippen LogP contribution in [-0.2, 0) is 19.1 Å². The molecule has 244 valence electrons. The summed E-state index contributed by atoms with van der Waals surface area (Å²) in [7, 11) is 0. The summed E-state index contributed by atoms with van der Waals surface area (Å²) in [6, 6.07) is 0. The summed E-state index contributed by atoms with van der Waals surface area (Å²) in [5, 5.41) is 9.50. The highest BCUT2D eigenvalue weighted by Gasteiger charge is 2.16. The minimum atomic E-state index is -0.775. The predicted octanol–water partition coefficient (Wildman–Crippen LogP) is 10.5. The van der Waals surface area contributed by atoms with Gasteiger partial charge < -0.3 is 14.6 Å². The smallest absolute Gasteiger partial charge is 0.306 e. The molecule has 42 heavy (non-hydrogen) atoms. The number of carbonyl (C=O) groups excluding carboxylic acids is 2. The molecule has 1 atom stereocenters. The molecule has 0 amide bonds. The van der Waals surface area contributed by atoms with Gasteiger partial charge in [0.25, 0.3) is 0 Å². The third-order valence-corrected chi connectivity index (χ3v) is 7.44. The number of aliphatic hydroxyl groups is 1. The molecule has 0 aromatic rings. The van der Waals surface area contributed by atoms with Crippen molar-refractivity contribution in [3.63, 3.8) is 0 Å².